The van der Waals surface area contributed by atoms with Gasteiger partial charge in [0.2, 0.25) is 0 Å². The number of hydrogen-bond donors (Lipinski definition) is 1. The lowest BCUT2D eigenvalue weighted by Gasteiger charge is -2.04. The van der Waals surface area contributed by atoms with Crippen molar-refractivity contribution < 1.29 is 13.9 Å². The first-order valence-electron chi connectivity index (χ1n) is 6.99. The van der Waals surface area contributed by atoms with Crippen molar-refractivity contribution in [3.63, 3.8) is 0 Å². The Morgan fingerprint density at radius 3 is 2.79 bits per heavy atom. The van der Waals surface area contributed by atoms with Crippen molar-refractivity contribution in [1.29, 1.82) is 0 Å². The second-order valence-corrected chi connectivity index (χ2v) is 5.22. The predicted molar refractivity (Wildman–Crippen MR) is 76.1 cm³/mol. The van der Waals surface area contributed by atoms with Crippen molar-refractivity contribution >= 4 is 0 Å². The Morgan fingerprint density at radius 1 is 1.32 bits per heavy atom. The van der Waals surface area contributed by atoms with Crippen LogP contribution in [0.3, 0.4) is 0 Å². The summed E-state index contributed by atoms with van der Waals surface area (Å²) in [7, 11) is 1.71. The monoisotopic (exact) mass is 269 g/mol. The van der Waals surface area contributed by atoms with E-state index in [2.05, 4.69) is 25.2 Å². The van der Waals surface area contributed by atoms with E-state index < -0.39 is 0 Å². The van der Waals surface area contributed by atoms with Gasteiger partial charge in [0.25, 0.3) is 0 Å². The highest BCUT2D eigenvalue weighted by molar-refractivity contribution is 5.19. The van der Waals surface area contributed by atoms with E-state index in [4.69, 9.17) is 13.9 Å². The second-order valence-electron chi connectivity index (χ2n) is 5.22. The molecule has 0 aliphatic rings. The zero-order valence-electron chi connectivity index (χ0n) is 12.6. The van der Waals surface area contributed by atoms with Gasteiger partial charge < -0.3 is 19.2 Å². The quantitative estimate of drug-likeness (QED) is 0.663. The Bertz CT molecular complexity index is 347. The molecule has 4 heteroatoms. The summed E-state index contributed by atoms with van der Waals surface area (Å²) in [4.78, 5) is 0. The molecule has 0 aromatic carbocycles. The summed E-state index contributed by atoms with van der Waals surface area (Å²) in [5.74, 6) is 2.58. The van der Waals surface area contributed by atoms with Crippen LogP contribution in [0, 0.1) is 12.8 Å². The average molecular weight is 269 g/mol. The molecule has 0 spiro atoms. The second kappa shape index (κ2) is 9.13. The van der Waals surface area contributed by atoms with E-state index in [1.807, 2.05) is 6.92 Å². The van der Waals surface area contributed by atoms with E-state index in [9.17, 15) is 0 Å². The zero-order valence-corrected chi connectivity index (χ0v) is 12.6. The molecule has 4 nitrogen and oxygen atoms in total. The van der Waals surface area contributed by atoms with Crippen LogP contribution >= 0.6 is 0 Å². The van der Waals surface area contributed by atoms with Crippen LogP contribution in [-0.2, 0) is 22.6 Å². The first kappa shape index (κ1) is 16.2. The van der Waals surface area contributed by atoms with Crippen molar-refractivity contribution in [2.45, 2.75) is 40.3 Å². The molecular weight excluding hydrogens is 242 g/mol. The van der Waals surface area contributed by atoms with Crippen LogP contribution in [-0.4, -0.2) is 26.9 Å². The molecule has 0 atom stereocenters. The van der Waals surface area contributed by atoms with Gasteiger partial charge in [-0.15, -0.1) is 0 Å². The molecular formula is C15H27NO3. The van der Waals surface area contributed by atoms with Crippen molar-refractivity contribution in [2.24, 2.45) is 5.92 Å². The third kappa shape index (κ3) is 6.76. The minimum Gasteiger partial charge on any atom is -0.465 e. The largest absolute Gasteiger partial charge is 0.465 e. The van der Waals surface area contributed by atoms with Gasteiger partial charge in [0.1, 0.15) is 11.5 Å². The van der Waals surface area contributed by atoms with Gasteiger partial charge in [-0.25, -0.2) is 0 Å². The number of furan rings is 1. The van der Waals surface area contributed by atoms with Crippen LogP contribution in [0.5, 0.6) is 0 Å². The maximum absolute atomic E-state index is 5.71. The summed E-state index contributed by atoms with van der Waals surface area (Å²) in [5.41, 5.74) is 1.14. The van der Waals surface area contributed by atoms with E-state index in [0.29, 0.717) is 12.5 Å². The number of aryl methyl sites for hydroxylation is 1. The highest BCUT2D eigenvalue weighted by Crippen LogP contribution is 2.15. The first-order chi connectivity index (χ1) is 9.13. The van der Waals surface area contributed by atoms with Gasteiger partial charge in [-0.3, -0.25) is 0 Å². The summed E-state index contributed by atoms with van der Waals surface area (Å²) in [6.07, 6.45) is 0.927. The molecule has 1 heterocycles. The van der Waals surface area contributed by atoms with E-state index in [1.54, 1.807) is 7.11 Å². The molecule has 1 aromatic heterocycles. The average Bonchev–Trinajstić information content (AvgIpc) is 2.69. The molecule has 0 saturated heterocycles. The zero-order chi connectivity index (χ0) is 14.1. The number of methoxy groups -OCH3 is 1. The third-order valence-electron chi connectivity index (χ3n) is 2.82. The maximum atomic E-state index is 5.71. The van der Waals surface area contributed by atoms with Crippen molar-refractivity contribution in [2.75, 3.05) is 26.9 Å². The van der Waals surface area contributed by atoms with E-state index in [0.717, 1.165) is 49.8 Å². The summed E-state index contributed by atoms with van der Waals surface area (Å²) in [6, 6.07) is 2.08. The van der Waals surface area contributed by atoms with Crippen LogP contribution in [0.15, 0.2) is 10.5 Å². The molecule has 110 valence electrons. The molecule has 0 unspecified atom stereocenters. The van der Waals surface area contributed by atoms with E-state index in [-0.39, 0.29) is 0 Å². The Balaban J connectivity index is 2.28. The Hall–Kier alpha value is -0.840. The maximum Gasteiger partial charge on any atom is 0.118 e. The van der Waals surface area contributed by atoms with Gasteiger partial charge in [0.15, 0.2) is 0 Å². The lowest BCUT2D eigenvalue weighted by molar-refractivity contribution is 0.0922. The molecule has 1 aromatic rings. The van der Waals surface area contributed by atoms with Crippen LogP contribution in [0.25, 0.3) is 0 Å². The van der Waals surface area contributed by atoms with Crippen LogP contribution in [0.4, 0.5) is 0 Å². The highest BCUT2D eigenvalue weighted by atomic mass is 16.5. The van der Waals surface area contributed by atoms with Gasteiger partial charge in [-0.1, -0.05) is 13.8 Å². The van der Waals surface area contributed by atoms with E-state index in [1.165, 1.54) is 0 Å². The molecule has 0 radical (unpaired) electrons. The summed E-state index contributed by atoms with van der Waals surface area (Å²) in [6.45, 7) is 10.2. The van der Waals surface area contributed by atoms with Gasteiger partial charge in [-0.2, -0.15) is 0 Å². The van der Waals surface area contributed by atoms with E-state index >= 15 is 0 Å². The summed E-state index contributed by atoms with van der Waals surface area (Å²) >= 11 is 0. The van der Waals surface area contributed by atoms with Gasteiger partial charge in [0, 0.05) is 25.9 Å². The number of rotatable bonds is 10. The van der Waals surface area contributed by atoms with Gasteiger partial charge in [-0.05, 0) is 31.9 Å². The fourth-order valence-electron chi connectivity index (χ4n) is 1.79. The normalized spacial score (nSPS) is 11.4. The van der Waals surface area contributed by atoms with Crippen LogP contribution in [0.1, 0.15) is 37.4 Å². The van der Waals surface area contributed by atoms with Crippen LogP contribution in [0.2, 0.25) is 0 Å². The Morgan fingerprint density at radius 2 is 2.11 bits per heavy atom. The Labute approximate surface area is 116 Å². The van der Waals surface area contributed by atoms with Crippen molar-refractivity contribution in [1.82, 2.24) is 5.32 Å². The van der Waals surface area contributed by atoms with Crippen molar-refractivity contribution in [3.8, 4) is 0 Å². The minimum atomic E-state index is 0.614. The smallest absolute Gasteiger partial charge is 0.118 e. The predicted octanol–water partition coefficient (Wildman–Crippen LogP) is 2.89. The number of ether oxygens (including phenoxy) is 2. The SMILES string of the molecule is COCCCOCc1cc(CNCC(C)C)oc1C. The molecule has 0 aliphatic heterocycles. The molecule has 0 saturated carbocycles. The van der Waals surface area contributed by atoms with Gasteiger partial charge in [0.05, 0.1) is 13.2 Å². The summed E-state index contributed by atoms with van der Waals surface area (Å²) in [5, 5.41) is 3.37. The molecule has 0 aliphatic carbocycles. The number of hydrogen-bond acceptors (Lipinski definition) is 4. The lowest BCUT2D eigenvalue weighted by Crippen LogP contribution is -2.18. The molecule has 1 rings (SSSR count). The first-order valence-corrected chi connectivity index (χ1v) is 6.99. The topological polar surface area (TPSA) is 43.6 Å². The Kier molecular flexibility index (Phi) is 7.79. The highest BCUT2D eigenvalue weighted by Gasteiger charge is 2.07. The summed E-state index contributed by atoms with van der Waals surface area (Å²) < 4.78 is 16.3. The molecule has 0 amide bonds. The molecule has 19 heavy (non-hydrogen) atoms. The standard InChI is InChI=1S/C15H27NO3/c1-12(2)9-16-10-15-8-14(13(3)19-15)11-18-7-5-6-17-4/h8,12,16H,5-7,9-11H2,1-4H3. The van der Waals surface area contributed by atoms with Crippen molar-refractivity contribution in [3.05, 3.63) is 23.2 Å². The van der Waals surface area contributed by atoms with Crippen LogP contribution < -0.4 is 5.32 Å². The third-order valence-corrected chi connectivity index (χ3v) is 2.82. The lowest BCUT2D eigenvalue weighted by atomic mass is 10.2. The molecule has 0 bridgehead atoms. The fraction of sp³-hybridized carbons (Fsp3) is 0.733. The molecule has 0 fully saturated rings. The molecule has 1 N–H and O–H groups in total. The minimum absolute atomic E-state index is 0.614. The van der Waals surface area contributed by atoms with Gasteiger partial charge >= 0.3 is 0 Å². The fourth-order valence-corrected chi connectivity index (χ4v) is 1.79. The number of nitrogens with one attached hydrogen (secondary N) is 1.